The number of carbonyl (C=O) groups is 1. The van der Waals surface area contributed by atoms with Crippen LogP contribution in [0.2, 0.25) is 0 Å². The minimum absolute atomic E-state index is 0.0941. The molecule has 2 aliphatic rings. The molecule has 0 saturated carbocycles. The van der Waals surface area contributed by atoms with Gasteiger partial charge in [0.25, 0.3) is 0 Å². The number of nitrogens with one attached hydrogen (secondary N) is 1. The normalized spacial score (nSPS) is 19.5. The third kappa shape index (κ3) is 4.58. The van der Waals surface area contributed by atoms with E-state index in [2.05, 4.69) is 44.4 Å². The van der Waals surface area contributed by atoms with Crippen molar-refractivity contribution in [2.45, 2.75) is 32.2 Å². The van der Waals surface area contributed by atoms with Gasteiger partial charge >= 0.3 is 6.03 Å². The lowest BCUT2D eigenvalue weighted by molar-refractivity contribution is 0.208. The summed E-state index contributed by atoms with van der Waals surface area (Å²) < 4.78 is 5.21. The Labute approximate surface area is 177 Å². The van der Waals surface area contributed by atoms with Crippen molar-refractivity contribution in [3.05, 3.63) is 36.4 Å². The highest BCUT2D eigenvalue weighted by molar-refractivity contribution is 5.89. The third-order valence-electron chi connectivity index (χ3n) is 5.95. The molecule has 2 amide bonds. The van der Waals surface area contributed by atoms with Crippen LogP contribution >= 0.6 is 0 Å². The molecule has 30 heavy (non-hydrogen) atoms. The Kier molecular flexibility index (Phi) is 6.21. The Bertz CT molecular complexity index is 851. The predicted molar refractivity (Wildman–Crippen MR) is 118 cm³/mol. The number of aromatic nitrogens is 2. The number of hydrogen-bond acceptors (Lipinski definition) is 6. The number of methoxy groups -OCH3 is 1. The lowest BCUT2D eigenvalue weighted by Crippen LogP contribution is -2.50. The van der Waals surface area contributed by atoms with Gasteiger partial charge in [0, 0.05) is 50.5 Å². The van der Waals surface area contributed by atoms with Crippen LogP contribution in [0.3, 0.4) is 0 Å². The second kappa shape index (κ2) is 9.19. The Morgan fingerprint density at radius 2 is 1.80 bits per heavy atom. The second-order valence-electron chi connectivity index (χ2n) is 7.92. The summed E-state index contributed by atoms with van der Waals surface area (Å²) in [7, 11) is 1.61. The Morgan fingerprint density at radius 3 is 2.50 bits per heavy atom. The summed E-state index contributed by atoms with van der Waals surface area (Å²) in [4.78, 5) is 18.9. The lowest BCUT2D eigenvalue weighted by atomic mass is 10.0. The van der Waals surface area contributed by atoms with E-state index in [0.717, 1.165) is 42.7 Å². The first-order chi connectivity index (χ1) is 14.6. The number of carbonyl (C=O) groups excluding carboxylic acids is 1. The van der Waals surface area contributed by atoms with Crippen molar-refractivity contribution >= 4 is 23.4 Å². The van der Waals surface area contributed by atoms with E-state index in [0.29, 0.717) is 19.1 Å². The molecule has 0 bridgehead atoms. The molecule has 2 aliphatic heterocycles. The number of benzene rings is 1. The van der Waals surface area contributed by atoms with E-state index in [9.17, 15) is 4.79 Å². The fraction of sp³-hybridized carbons (Fsp3) is 0.500. The molecule has 160 valence electrons. The maximum atomic E-state index is 12.6. The van der Waals surface area contributed by atoms with Crippen LogP contribution < -0.4 is 19.9 Å². The quantitative estimate of drug-likeness (QED) is 0.834. The second-order valence-corrected chi connectivity index (χ2v) is 7.92. The number of piperazine rings is 1. The summed E-state index contributed by atoms with van der Waals surface area (Å²) in [5.74, 6) is 2.55. The number of urea groups is 1. The number of anilines is 3. The molecule has 0 spiro atoms. The van der Waals surface area contributed by atoms with Crippen LogP contribution in [0.5, 0.6) is 5.75 Å². The summed E-state index contributed by atoms with van der Waals surface area (Å²) in [6, 6.07) is 11.9. The van der Waals surface area contributed by atoms with E-state index in [-0.39, 0.29) is 6.03 Å². The monoisotopic (exact) mass is 410 g/mol. The molecule has 1 N–H and O–H groups in total. The van der Waals surface area contributed by atoms with E-state index in [1.807, 2.05) is 29.2 Å². The molecule has 1 aromatic carbocycles. The van der Waals surface area contributed by atoms with E-state index in [1.165, 1.54) is 19.3 Å². The van der Waals surface area contributed by atoms with E-state index >= 15 is 0 Å². The molecule has 0 aliphatic carbocycles. The van der Waals surface area contributed by atoms with Gasteiger partial charge in [-0.15, -0.1) is 10.2 Å². The largest absolute Gasteiger partial charge is 0.497 e. The third-order valence-corrected chi connectivity index (χ3v) is 5.95. The SMILES string of the molecule is COc1cccc(NC(=O)N2CCN(c3ccc(N4CCCCC4C)nn3)CC2)c1. The van der Waals surface area contributed by atoms with Crippen LogP contribution in [0.4, 0.5) is 22.1 Å². The topological polar surface area (TPSA) is 73.8 Å². The Hall–Kier alpha value is -3.03. The number of piperidine rings is 1. The zero-order chi connectivity index (χ0) is 20.9. The van der Waals surface area contributed by atoms with Crippen molar-refractivity contribution in [2.24, 2.45) is 0 Å². The molecule has 2 saturated heterocycles. The van der Waals surface area contributed by atoms with Crippen LogP contribution in [-0.2, 0) is 0 Å². The molecule has 0 radical (unpaired) electrons. The molecule has 2 fully saturated rings. The minimum atomic E-state index is -0.0941. The Balaban J connectivity index is 1.31. The number of amides is 2. The standard InChI is InChI=1S/C22H30N6O2/c1-17-6-3-4-11-28(17)21-10-9-20(24-25-21)26-12-14-27(15-13-26)22(29)23-18-7-5-8-19(16-18)30-2/h5,7-10,16-17H,3-4,6,11-15H2,1-2H3,(H,23,29). The van der Waals surface area contributed by atoms with Crippen molar-refractivity contribution in [3.63, 3.8) is 0 Å². The van der Waals surface area contributed by atoms with Crippen LogP contribution in [0.1, 0.15) is 26.2 Å². The van der Waals surface area contributed by atoms with Crippen molar-refractivity contribution in [1.82, 2.24) is 15.1 Å². The summed E-state index contributed by atoms with van der Waals surface area (Å²) in [5.41, 5.74) is 0.732. The van der Waals surface area contributed by atoms with Gasteiger partial charge < -0.3 is 24.8 Å². The van der Waals surface area contributed by atoms with Gasteiger partial charge in [-0.25, -0.2) is 4.79 Å². The fourth-order valence-electron chi connectivity index (χ4n) is 4.12. The highest BCUT2D eigenvalue weighted by atomic mass is 16.5. The molecule has 8 nitrogen and oxygen atoms in total. The summed E-state index contributed by atoms with van der Waals surface area (Å²) in [6.07, 6.45) is 3.72. The van der Waals surface area contributed by atoms with Gasteiger partial charge in [-0.2, -0.15) is 0 Å². The van der Waals surface area contributed by atoms with Gasteiger partial charge in [0.2, 0.25) is 0 Å². The molecule has 1 aromatic heterocycles. The van der Waals surface area contributed by atoms with Gasteiger partial charge in [-0.05, 0) is 50.5 Å². The van der Waals surface area contributed by atoms with Crippen molar-refractivity contribution in [1.29, 1.82) is 0 Å². The van der Waals surface area contributed by atoms with Gasteiger partial charge in [0.05, 0.1) is 7.11 Å². The number of rotatable bonds is 4. The first-order valence-electron chi connectivity index (χ1n) is 10.7. The van der Waals surface area contributed by atoms with Gasteiger partial charge in [-0.1, -0.05) is 6.07 Å². The maximum Gasteiger partial charge on any atom is 0.321 e. The van der Waals surface area contributed by atoms with Gasteiger partial charge in [0.15, 0.2) is 11.6 Å². The average Bonchev–Trinajstić information content (AvgIpc) is 2.80. The van der Waals surface area contributed by atoms with E-state index < -0.39 is 0 Å². The van der Waals surface area contributed by atoms with Crippen LogP contribution in [0.15, 0.2) is 36.4 Å². The van der Waals surface area contributed by atoms with Crippen molar-refractivity contribution < 1.29 is 9.53 Å². The van der Waals surface area contributed by atoms with E-state index in [1.54, 1.807) is 7.11 Å². The predicted octanol–water partition coefficient (Wildman–Crippen LogP) is 3.22. The number of nitrogens with zero attached hydrogens (tertiary/aromatic N) is 5. The van der Waals surface area contributed by atoms with Crippen LogP contribution in [-0.4, -0.2) is 67.0 Å². The van der Waals surface area contributed by atoms with Crippen molar-refractivity contribution in [3.8, 4) is 5.75 Å². The molecule has 2 aromatic rings. The van der Waals surface area contributed by atoms with Gasteiger partial charge in [-0.3, -0.25) is 0 Å². The highest BCUT2D eigenvalue weighted by Crippen LogP contribution is 2.24. The minimum Gasteiger partial charge on any atom is -0.497 e. The smallest absolute Gasteiger partial charge is 0.321 e. The average molecular weight is 411 g/mol. The lowest BCUT2D eigenvalue weighted by Gasteiger charge is -2.36. The Morgan fingerprint density at radius 1 is 1.03 bits per heavy atom. The molecule has 3 heterocycles. The summed E-state index contributed by atoms with van der Waals surface area (Å²) in [5, 5.41) is 11.9. The molecular formula is C22H30N6O2. The summed E-state index contributed by atoms with van der Waals surface area (Å²) >= 11 is 0. The molecule has 4 rings (SSSR count). The highest BCUT2D eigenvalue weighted by Gasteiger charge is 2.24. The van der Waals surface area contributed by atoms with Crippen LogP contribution in [0, 0.1) is 0 Å². The summed E-state index contributed by atoms with van der Waals surface area (Å²) in [6.45, 7) is 6.06. The number of ether oxygens (including phenoxy) is 1. The van der Waals surface area contributed by atoms with Gasteiger partial charge in [0.1, 0.15) is 5.75 Å². The number of hydrogen-bond donors (Lipinski definition) is 1. The maximum absolute atomic E-state index is 12.6. The van der Waals surface area contributed by atoms with E-state index in [4.69, 9.17) is 4.74 Å². The van der Waals surface area contributed by atoms with Crippen LogP contribution in [0.25, 0.3) is 0 Å². The molecule has 1 unspecified atom stereocenters. The fourth-order valence-corrected chi connectivity index (χ4v) is 4.12. The van der Waals surface area contributed by atoms with Crippen molar-refractivity contribution in [2.75, 3.05) is 55.0 Å². The first kappa shape index (κ1) is 20.3. The zero-order valence-corrected chi connectivity index (χ0v) is 17.8. The first-order valence-corrected chi connectivity index (χ1v) is 10.7. The molecular weight excluding hydrogens is 380 g/mol. The molecule has 1 atom stereocenters. The zero-order valence-electron chi connectivity index (χ0n) is 17.8. The molecule has 8 heteroatoms.